The Hall–Kier alpha value is -0.120. The first-order valence-corrected chi connectivity index (χ1v) is 8.58. The van der Waals surface area contributed by atoms with E-state index in [2.05, 4.69) is 37.9 Å². The van der Waals surface area contributed by atoms with Gasteiger partial charge in [0.15, 0.2) is 0 Å². The van der Waals surface area contributed by atoms with Crippen LogP contribution in [-0.2, 0) is 4.74 Å². The lowest BCUT2D eigenvalue weighted by atomic mass is 9.90. The van der Waals surface area contributed by atoms with Gasteiger partial charge in [-0.3, -0.25) is 4.90 Å². The van der Waals surface area contributed by atoms with Crippen molar-refractivity contribution in [1.82, 2.24) is 10.2 Å². The Balaban J connectivity index is 1.63. The number of nitrogens with one attached hydrogen (secondary N) is 1. The SMILES string of the molecule is CCC1(C)CNC(C2CC2)CN1CC1CCC(C)(C)O1. The number of ether oxygens (including phenoxy) is 1. The van der Waals surface area contributed by atoms with Crippen molar-refractivity contribution < 1.29 is 4.74 Å². The molecule has 3 heteroatoms. The van der Waals surface area contributed by atoms with E-state index in [9.17, 15) is 0 Å². The predicted octanol–water partition coefficient (Wildman–Crippen LogP) is 2.80. The van der Waals surface area contributed by atoms with Crippen LogP contribution in [0.25, 0.3) is 0 Å². The highest BCUT2D eigenvalue weighted by molar-refractivity contribution is 5.00. The first kappa shape index (κ1) is 14.8. The van der Waals surface area contributed by atoms with Crippen molar-refractivity contribution in [2.45, 2.75) is 83.1 Å². The monoisotopic (exact) mass is 280 g/mol. The summed E-state index contributed by atoms with van der Waals surface area (Å²) >= 11 is 0. The standard InChI is InChI=1S/C17H32N2O/c1-5-17(4)12-18-15(13-6-7-13)11-19(17)10-14-8-9-16(2,3)20-14/h13-15,18H,5-12H2,1-4H3. The Morgan fingerprint density at radius 3 is 2.50 bits per heavy atom. The normalized spacial score (nSPS) is 42.0. The maximum Gasteiger partial charge on any atom is 0.0710 e. The van der Waals surface area contributed by atoms with Crippen LogP contribution in [0, 0.1) is 5.92 Å². The van der Waals surface area contributed by atoms with Gasteiger partial charge in [0.1, 0.15) is 0 Å². The van der Waals surface area contributed by atoms with Crippen LogP contribution < -0.4 is 5.32 Å². The van der Waals surface area contributed by atoms with Gasteiger partial charge in [-0.2, -0.15) is 0 Å². The topological polar surface area (TPSA) is 24.5 Å². The molecule has 0 aromatic carbocycles. The molecule has 3 aliphatic rings. The summed E-state index contributed by atoms with van der Waals surface area (Å²) in [5, 5.41) is 3.81. The van der Waals surface area contributed by atoms with E-state index in [-0.39, 0.29) is 5.60 Å². The van der Waals surface area contributed by atoms with Crippen molar-refractivity contribution in [3.05, 3.63) is 0 Å². The first-order valence-electron chi connectivity index (χ1n) is 8.58. The summed E-state index contributed by atoms with van der Waals surface area (Å²) in [7, 11) is 0. The molecule has 0 aromatic heterocycles. The van der Waals surface area contributed by atoms with E-state index in [1.54, 1.807) is 0 Å². The summed E-state index contributed by atoms with van der Waals surface area (Å²) < 4.78 is 6.24. The van der Waals surface area contributed by atoms with Crippen molar-refractivity contribution >= 4 is 0 Å². The number of piperazine rings is 1. The third kappa shape index (κ3) is 3.05. The molecule has 2 saturated heterocycles. The van der Waals surface area contributed by atoms with Crippen LogP contribution in [0.3, 0.4) is 0 Å². The Bertz CT molecular complexity index is 353. The number of hydrogen-bond donors (Lipinski definition) is 1. The highest BCUT2D eigenvalue weighted by atomic mass is 16.5. The van der Waals surface area contributed by atoms with Crippen LogP contribution in [0.1, 0.15) is 59.8 Å². The van der Waals surface area contributed by atoms with E-state index in [4.69, 9.17) is 4.74 Å². The molecule has 0 radical (unpaired) electrons. The van der Waals surface area contributed by atoms with E-state index in [1.165, 1.54) is 38.6 Å². The van der Waals surface area contributed by atoms with Crippen LogP contribution >= 0.6 is 0 Å². The fourth-order valence-electron chi connectivity index (χ4n) is 3.89. The van der Waals surface area contributed by atoms with Gasteiger partial charge in [-0.05, 0) is 58.8 Å². The van der Waals surface area contributed by atoms with Crippen LogP contribution in [0.2, 0.25) is 0 Å². The molecule has 3 nitrogen and oxygen atoms in total. The fourth-order valence-corrected chi connectivity index (χ4v) is 3.89. The van der Waals surface area contributed by atoms with E-state index in [1.807, 2.05) is 0 Å². The lowest BCUT2D eigenvalue weighted by Gasteiger charge is -2.49. The molecule has 0 amide bonds. The third-order valence-electron chi connectivity index (χ3n) is 5.86. The van der Waals surface area contributed by atoms with Crippen molar-refractivity contribution in [3.63, 3.8) is 0 Å². The lowest BCUT2D eigenvalue weighted by molar-refractivity contribution is -0.0541. The zero-order valence-electron chi connectivity index (χ0n) is 13.7. The minimum atomic E-state index is 0.0945. The highest BCUT2D eigenvalue weighted by Gasteiger charge is 2.43. The van der Waals surface area contributed by atoms with Gasteiger partial charge in [0, 0.05) is 31.2 Å². The molecule has 0 spiro atoms. The Labute approximate surface area is 124 Å². The minimum absolute atomic E-state index is 0.0945. The quantitative estimate of drug-likeness (QED) is 0.857. The molecule has 3 unspecified atom stereocenters. The maximum absolute atomic E-state index is 6.24. The molecule has 2 aliphatic heterocycles. The average molecular weight is 280 g/mol. The van der Waals surface area contributed by atoms with Gasteiger partial charge in [0.2, 0.25) is 0 Å². The largest absolute Gasteiger partial charge is 0.371 e. The Morgan fingerprint density at radius 1 is 1.20 bits per heavy atom. The van der Waals surface area contributed by atoms with E-state index in [0.29, 0.717) is 11.6 Å². The van der Waals surface area contributed by atoms with Gasteiger partial charge >= 0.3 is 0 Å². The number of nitrogens with zero attached hydrogens (tertiary/aromatic N) is 1. The molecule has 2 heterocycles. The molecule has 3 atom stereocenters. The van der Waals surface area contributed by atoms with Crippen molar-refractivity contribution in [3.8, 4) is 0 Å². The molecule has 0 aromatic rings. The van der Waals surface area contributed by atoms with Crippen molar-refractivity contribution in [2.75, 3.05) is 19.6 Å². The summed E-state index contributed by atoms with van der Waals surface area (Å²) in [6.45, 7) is 12.7. The van der Waals surface area contributed by atoms with E-state index < -0.39 is 0 Å². The predicted molar refractivity (Wildman–Crippen MR) is 83.0 cm³/mol. The summed E-state index contributed by atoms with van der Waals surface area (Å²) in [6.07, 6.45) is 6.95. The minimum Gasteiger partial charge on any atom is -0.371 e. The summed E-state index contributed by atoms with van der Waals surface area (Å²) in [4.78, 5) is 2.73. The molecule has 3 rings (SSSR count). The van der Waals surface area contributed by atoms with Crippen molar-refractivity contribution in [2.24, 2.45) is 5.92 Å². The number of hydrogen-bond acceptors (Lipinski definition) is 3. The molecule has 1 aliphatic carbocycles. The van der Waals surface area contributed by atoms with Gasteiger partial charge in [-0.25, -0.2) is 0 Å². The molecule has 3 fully saturated rings. The highest BCUT2D eigenvalue weighted by Crippen LogP contribution is 2.37. The number of rotatable bonds is 4. The summed E-state index contributed by atoms with van der Waals surface area (Å²) in [5.41, 5.74) is 0.401. The summed E-state index contributed by atoms with van der Waals surface area (Å²) in [6, 6.07) is 0.726. The fraction of sp³-hybridized carbons (Fsp3) is 1.00. The Kier molecular flexibility index (Phi) is 3.89. The molecule has 20 heavy (non-hydrogen) atoms. The molecule has 116 valence electrons. The van der Waals surface area contributed by atoms with Gasteiger partial charge < -0.3 is 10.1 Å². The summed E-state index contributed by atoms with van der Waals surface area (Å²) in [5.74, 6) is 0.944. The molecule has 1 N–H and O–H groups in total. The van der Waals surface area contributed by atoms with Crippen LogP contribution in [0.4, 0.5) is 0 Å². The van der Waals surface area contributed by atoms with Crippen molar-refractivity contribution in [1.29, 1.82) is 0 Å². The van der Waals surface area contributed by atoms with Gasteiger partial charge in [0.25, 0.3) is 0 Å². The molecular formula is C17H32N2O. The van der Waals surface area contributed by atoms with Crippen LogP contribution in [0.5, 0.6) is 0 Å². The second kappa shape index (κ2) is 5.26. The van der Waals surface area contributed by atoms with Gasteiger partial charge in [-0.15, -0.1) is 0 Å². The second-order valence-electron chi connectivity index (χ2n) is 8.12. The molecule has 0 bridgehead atoms. The third-order valence-corrected chi connectivity index (χ3v) is 5.86. The molecular weight excluding hydrogens is 248 g/mol. The van der Waals surface area contributed by atoms with E-state index >= 15 is 0 Å². The molecule has 1 saturated carbocycles. The maximum atomic E-state index is 6.24. The van der Waals surface area contributed by atoms with Gasteiger partial charge in [-0.1, -0.05) is 6.92 Å². The van der Waals surface area contributed by atoms with E-state index in [0.717, 1.165) is 25.0 Å². The smallest absolute Gasteiger partial charge is 0.0710 e. The first-order chi connectivity index (χ1) is 9.42. The average Bonchev–Trinajstić information content (AvgIpc) is 3.18. The van der Waals surface area contributed by atoms with Gasteiger partial charge in [0.05, 0.1) is 11.7 Å². The van der Waals surface area contributed by atoms with Crippen LogP contribution in [0.15, 0.2) is 0 Å². The zero-order chi connectivity index (χ0) is 14.4. The second-order valence-corrected chi connectivity index (χ2v) is 8.12. The van der Waals surface area contributed by atoms with Crippen LogP contribution in [-0.4, -0.2) is 47.8 Å². The lowest BCUT2D eigenvalue weighted by Crippen LogP contribution is -2.64. The Morgan fingerprint density at radius 2 is 1.95 bits per heavy atom. The zero-order valence-corrected chi connectivity index (χ0v) is 13.7.